The van der Waals surface area contributed by atoms with Crippen LogP contribution in [0.25, 0.3) is 0 Å². The molecule has 0 N–H and O–H groups in total. The smallest absolute Gasteiger partial charge is 0.0535 e. The van der Waals surface area contributed by atoms with E-state index in [1.54, 1.807) is 49.9 Å². The average Bonchev–Trinajstić information content (AvgIpc) is 2.91. The van der Waals surface area contributed by atoms with Crippen LogP contribution in [0.1, 0.15) is 207 Å². The van der Waals surface area contributed by atoms with E-state index in [9.17, 15) is 0 Å². The molecule has 0 rings (SSSR count). The number of rotatable bonds is 32. The highest BCUT2D eigenvalue weighted by molar-refractivity contribution is 6.79. The Balaban J connectivity index is 4.69. The van der Waals surface area contributed by atoms with Gasteiger partial charge >= 0.3 is 0 Å². The van der Waals surface area contributed by atoms with Gasteiger partial charge in [-0.15, -0.1) is 0 Å². The van der Waals surface area contributed by atoms with Crippen molar-refractivity contribution in [3.05, 3.63) is 0 Å². The summed E-state index contributed by atoms with van der Waals surface area (Å²) in [7, 11) is -1.09. The van der Waals surface area contributed by atoms with Gasteiger partial charge in [-0.05, 0) is 0 Å². The minimum absolute atomic E-state index is 1.09. The minimum atomic E-state index is -1.09. The first-order valence-corrected chi connectivity index (χ1v) is 21.1. The van der Waals surface area contributed by atoms with Gasteiger partial charge in [0.25, 0.3) is 0 Å². The molecule has 0 heterocycles. The molecule has 0 aliphatic carbocycles. The zero-order valence-corrected chi connectivity index (χ0v) is 28.1. The van der Waals surface area contributed by atoms with Gasteiger partial charge < -0.3 is 0 Å². The summed E-state index contributed by atoms with van der Waals surface area (Å²) in [5.74, 6) is 0. The third-order valence-corrected chi connectivity index (χ3v) is 14.9. The van der Waals surface area contributed by atoms with E-state index >= 15 is 0 Å². The summed E-state index contributed by atoms with van der Waals surface area (Å²) in [5, 5.41) is 0. The number of hydrogen-bond donors (Lipinski definition) is 0. The molecule has 0 fully saturated rings. The molecule has 0 aromatic carbocycles. The van der Waals surface area contributed by atoms with E-state index in [0.29, 0.717) is 0 Å². The fraction of sp³-hybridized carbons (Fsp3) is 1.00. The molecular weight excluding hydrogens is 460 g/mol. The first kappa shape index (κ1) is 37.2. The maximum absolute atomic E-state index is 2.35. The van der Waals surface area contributed by atoms with Crippen molar-refractivity contribution in [3.63, 3.8) is 0 Å². The van der Waals surface area contributed by atoms with E-state index < -0.39 is 8.07 Å². The zero-order valence-electron chi connectivity index (χ0n) is 27.1. The number of hydrogen-bond acceptors (Lipinski definition) is 0. The molecule has 0 radical (unpaired) electrons. The van der Waals surface area contributed by atoms with Crippen molar-refractivity contribution in [3.8, 4) is 0 Å². The summed E-state index contributed by atoms with van der Waals surface area (Å²) in [6.07, 6.45) is 41.7. The lowest BCUT2D eigenvalue weighted by Crippen LogP contribution is -2.34. The van der Waals surface area contributed by atoms with Crippen molar-refractivity contribution >= 4 is 8.07 Å². The van der Waals surface area contributed by atoms with Crippen LogP contribution in [-0.4, -0.2) is 8.07 Å². The molecule has 0 saturated heterocycles. The van der Waals surface area contributed by atoms with Crippen LogP contribution in [0, 0.1) is 0 Å². The summed E-state index contributed by atoms with van der Waals surface area (Å²) < 4.78 is 0. The van der Waals surface area contributed by atoms with Crippen LogP contribution in [0.5, 0.6) is 0 Å². The summed E-state index contributed by atoms with van der Waals surface area (Å²) >= 11 is 0. The van der Waals surface area contributed by atoms with E-state index in [2.05, 4.69) is 27.7 Å². The lowest BCUT2D eigenvalue weighted by atomic mass is 10.1. The Bertz CT molecular complexity index is 363. The fourth-order valence-electron chi connectivity index (χ4n) is 6.58. The van der Waals surface area contributed by atoms with Gasteiger partial charge in [0.2, 0.25) is 0 Å². The Kier molecular flexibility index (Phi) is 30.9. The predicted molar refractivity (Wildman–Crippen MR) is 177 cm³/mol. The highest BCUT2D eigenvalue weighted by Gasteiger charge is 2.30. The second kappa shape index (κ2) is 30.8. The standard InChI is InChI=1S/C36H76Si/c1-5-9-13-17-21-22-23-24-28-32-36-37(33-29-25-18-14-10-6-2,34-30-26-19-15-11-7-3)35-31-27-20-16-12-8-4/h5-36H2,1-4H3. The average molecular weight is 537 g/mol. The zero-order chi connectivity index (χ0) is 27.1. The summed E-state index contributed by atoms with van der Waals surface area (Å²) in [5.41, 5.74) is 0. The quantitative estimate of drug-likeness (QED) is 0.0592. The normalized spacial score (nSPS) is 12.0. The largest absolute Gasteiger partial charge is 0.0654 e. The summed E-state index contributed by atoms with van der Waals surface area (Å²) in [6.45, 7) is 9.39. The summed E-state index contributed by atoms with van der Waals surface area (Å²) in [4.78, 5) is 0. The van der Waals surface area contributed by atoms with E-state index in [0.717, 1.165) is 0 Å². The molecule has 0 amide bonds. The van der Waals surface area contributed by atoms with Gasteiger partial charge in [-0.2, -0.15) is 0 Å². The SMILES string of the molecule is CCCCCCCCCCCC[Si](CCCCCCCC)(CCCCCCCC)CCCCCCCC. The highest BCUT2D eigenvalue weighted by atomic mass is 28.3. The molecule has 0 aromatic heterocycles. The van der Waals surface area contributed by atoms with Crippen molar-refractivity contribution in [1.29, 1.82) is 0 Å². The van der Waals surface area contributed by atoms with Crippen LogP contribution in [-0.2, 0) is 0 Å². The molecular formula is C36H76Si. The molecule has 224 valence electrons. The molecule has 0 nitrogen and oxygen atoms in total. The molecule has 0 aliphatic heterocycles. The Hall–Kier alpha value is 0.217. The molecule has 0 spiro atoms. The highest BCUT2D eigenvalue weighted by Crippen LogP contribution is 2.35. The van der Waals surface area contributed by atoms with Crippen LogP contribution < -0.4 is 0 Å². The van der Waals surface area contributed by atoms with Gasteiger partial charge in [-0.3, -0.25) is 0 Å². The third kappa shape index (κ3) is 26.2. The Morgan fingerprint density at radius 1 is 0.216 bits per heavy atom. The van der Waals surface area contributed by atoms with Crippen LogP contribution in [0.2, 0.25) is 24.2 Å². The molecule has 0 unspecified atom stereocenters. The van der Waals surface area contributed by atoms with Crippen LogP contribution in [0.3, 0.4) is 0 Å². The molecule has 0 aromatic rings. The lowest BCUT2D eigenvalue weighted by molar-refractivity contribution is 0.560. The van der Waals surface area contributed by atoms with E-state index in [4.69, 9.17) is 0 Å². The van der Waals surface area contributed by atoms with Crippen molar-refractivity contribution in [2.45, 2.75) is 232 Å². The Morgan fingerprint density at radius 2 is 0.378 bits per heavy atom. The summed E-state index contributed by atoms with van der Waals surface area (Å²) in [6, 6.07) is 6.73. The first-order chi connectivity index (χ1) is 18.2. The Morgan fingerprint density at radius 3 is 0.568 bits per heavy atom. The van der Waals surface area contributed by atoms with Gasteiger partial charge in [0.15, 0.2) is 0 Å². The van der Waals surface area contributed by atoms with E-state index in [1.807, 2.05) is 0 Å². The molecule has 0 bridgehead atoms. The second-order valence-electron chi connectivity index (χ2n) is 13.0. The van der Waals surface area contributed by atoms with Crippen molar-refractivity contribution in [2.75, 3.05) is 0 Å². The second-order valence-corrected chi connectivity index (χ2v) is 18.0. The maximum Gasteiger partial charge on any atom is 0.0535 e. The maximum atomic E-state index is 2.35. The van der Waals surface area contributed by atoms with Crippen molar-refractivity contribution in [1.82, 2.24) is 0 Å². The molecule has 0 aliphatic rings. The monoisotopic (exact) mass is 537 g/mol. The molecule has 1 heteroatoms. The topological polar surface area (TPSA) is 0 Å². The Labute approximate surface area is 239 Å². The van der Waals surface area contributed by atoms with Crippen LogP contribution in [0.4, 0.5) is 0 Å². The van der Waals surface area contributed by atoms with Crippen molar-refractivity contribution < 1.29 is 0 Å². The fourth-order valence-corrected chi connectivity index (χ4v) is 12.1. The molecule has 37 heavy (non-hydrogen) atoms. The van der Waals surface area contributed by atoms with Gasteiger partial charge in [0.05, 0.1) is 8.07 Å². The van der Waals surface area contributed by atoms with Gasteiger partial charge in [-0.1, -0.05) is 232 Å². The number of unbranched alkanes of at least 4 members (excludes halogenated alkanes) is 24. The van der Waals surface area contributed by atoms with Gasteiger partial charge in [0.1, 0.15) is 0 Å². The van der Waals surface area contributed by atoms with Crippen molar-refractivity contribution in [2.24, 2.45) is 0 Å². The predicted octanol–water partition coefficient (Wildman–Crippen LogP) is 14.4. The minimum Gasteiger partial charge on any atom is -0.0654 e. The molecule has 0 saturated carbocycles. The van der Waals surface area contributed by atoms with Gasteiger partial charge in [-0.25, -0.2) is 0 Å². The molecule has 0 atom stereocenters. The van der Waals surface area contributed by atoms with Crippen LogP contribution >= 0.6 is 0 Å². The third-order valence-electron chi connectivity index (χ3n) is 9.24. The lowest BCUT2D eigenvalue weighted by Gasteiger charge is -2.33. The van der Waals surface area contributed by atoms with Crippen LogP contribution in [0.15, 0.2) is 0 Å². The van der Waals surface area contributed by atoms with E-state index in [-0.39, 0.29) is 0 Å². The van der Waals surface area contributed by atoms with E-state index in [1.165, 1.54) is 154 Å². The first-order valence-electron chi connectivity index (χ1n) is 18.2. The van der Waals surface area contributed by atoms with Gasteiger partial charge in [0, 0.05) is 0 Å².